The van der Waals surface area contributed by atoms with Crippen LogP contribution in [0.5, 0.6) is 0 Å². The van der Waals surface area contributed by atoms with Crippen LogP contribution in [0.1, 0.15) is 12.5 Å². The van der Waals surface area contributed by atoms with E-state index >= 15 is 0 Å². The Kier molecular flexibility index (Phi) is 3.82. The lowest BCUT2D eigenvalue weighted by molar-refractivity contribution is 0.619. The van der Waals surface area contributed by atoms with Gasteiger partial charge in [0.1, 0.15) is 0 Å². The fourth-order valence-corrected chi connectivity index (χ4v) is 2.00. The SMILES string of the molecule is CCN(c1cccc(C)c1)c1ncc(Cl)cc1F. The number of nitrogens with zero attached hydrogens (tertiary/aromatic N) is 2. The molecule has 0 atom stereocenters. The Bertz CT molecular complexity index is 557. The fourth-order valence-electron chi connectivity index (χ4n) is 1.86. The van der Waals surface area contributed by atoms with Crippen molar-refractivity contribution in [2.75, 3.05) is 11.4 Å². The number of pyridine rings is 1. The Balaban J connectivity index is 2.45. The van der Waals surface area contributed by atoms with Crippen LogP contribution >= 0.6 is 11.6 Å². The van der Waals surface area contributed by atoms with Gasteiger partial charge in [-0.15, -0.1) is 0 Å². The summed E-state index contributed by atoms with van der Waals surface area (Å²) in [5.41, 5.74) is 2.05. The van der Waals surface area contributed by atoms with Crippen LogP contribution in [0, 0.1) is 12.7 Å². The van der Waals surface area contributed by atoms with Gasteiger partial charge in [-0.1, -0.05) is 23.7 Å². The molecule has 4 heteroatoms. The Morgan fingerprint density at radius 3 is 2.72 bits per heavy atom. The first-order chi connectivity index (χ1) is 8.61. The van der Waals surface area contributed by atoms with Gasteiger partial charge in [0.25, 0.3) is 0 Å². The lowest BCUT2D eigenvalue weighted by Gasteiger charge is -2.22. The maximum Gasteiger partial charge on any atom is 0.169 e. The average molecular weight is 265 g/mol. The van der Waals surface area contributed by atoms with Gasteiger partial charge in [-0.05, 0) is 37.6 Å². The number of hydrogen-bond acceptors (Lipinski definition) is 2. The van der Waals surface area contributed by atoms with Gasteiger partial charge in [0.05, 0.1) is 5.02 Å². The van der Waals surface area contributed by atoms with Gasteiger partial charge in [-0.3, -0.25) is 0 Å². The van der Waals surface area contributed by atoms with Crippen molar-refractivity contribution in [3.8, 4) is 0 Å². The van der Waals surface area contributed by atoms with Crippen molar-refractivity contribution in [2.24, 2.45) is 0 Å². The molecular weight excluding hydrogens is 251 g/mol. The highest BCUT2D eigenvalue weighted by molar-refractivity contribution is 6.30. The zero-order chi connectivity index (χ0) is 13.1. The number of aryl methyl sites for hydroxylation is 1. The third-order valence-corrected chi connectivity index (χ3v) is 2.88. The summed E-state index contributed by atoms with van der Waals surface area (Å²) in [6.07, 6.45) is 1.46. The molecule has 0 aliphatic heterocycles. The van der Waals surface area contributed by atoms with Crippen molar-refractivity contribution in [3.63, 3.8) is 0 Å². The van der Waals surface area contributed by atoms with Crippen LogP contribution in [0.15, 0.2) is 36.5 Å². The molecule has 0 radical (unpaired) electrons. The quantitative estimate of drug-likeness (QED) is 0.820. The third-order valence-electron chi connectivity index (χ3n) is 2.67. The molecule has 0 saturated carbocycles. The highest BCUT2D eigenvalue weighted by Crippen LogP contribution is 2.27. The largest absolute Gasteiger partial charge is 0.324 e. The van der Waals surface area contributed by atoms with E-state index in [2.05, 4.69) is 4.98 Å². The topological polar surface area (TPSA) is 16.1 Å². The van der Waals surface area contributed by atoms with Crippen LogP contribution in [-0.4, -0.2) is 11.5 Å². The predicted molar refractivity (Wildman–Crippen MR) is 73.1 cm³/mol. The molecule has 1 aromatic heterocycles. The van der Waals surface area contributed by atoms with Crippen molar-refractivity contribution < 1.29 is 4.39 Å². The van der Waals surface area contributed by atoms with Crippen LogP contribution in [-0.2, 0) is 0 Å². The smallest absolute Gasteiger partial charge is 0.169 e. The van der Waals surface area contributed by atoms with E-state index < -0.39 is 5.82 Å². The monoisotopic (exact) mass is 264 g/mol. The Morgan fingerprint density at radius 1 is 1.33 bits per heavy atom. The Morgan fingerprint density at radius 2 is 2.11 bits per heavy atom. The molecule has 2 aromatic rings. The first-order valence-corrected chi connectivity index (χ1v) is 6.15. The molecule has 2 rings (SSSR count). The molecule has 1 aromatic carbocycles. The van der Waals surface area contributed by atoms with E-state index in [-0.39, 0.29) is 0 Å². The van der Waals surface area contributed by atoms with Crippen LogP contribution in [0.2, 0.25) is 5.02 Å². The van der Waals surface area contributed by atoms with Crippen molar-refractivity contribution in [3.05, 3.63) is 52.9 Å². The van der Waals surface area contributed by atoms with E-state index in [0.717, 1.165) is 11.3 Å². The zero-order valence-electron chi connectivity index (χ0n) is 10.3. The summed E-state index contributed by atoms with van der Waals surface area (Å²) < 4.78 is 13.9. The summed E-state index contributed by atoms with van der Waals surface area (Å²) in [6, 6.07) is 9.16. The predicted octanol–water partition coefficient (Wildman–Crippen LogP) is 4.34. The Labute approximate surface area is 111 Å². The fraction of sp³-hybridized carbons (Fsp3) is 0.214. The van der Waals surface area contributed by atoms with E-state index in [1.807, 2.05) is 43.0 Å². The normalized spacial score (nSPS) is 10.4. The van der Waals surface area contributed by atoms with Gasteiger partial charge in [0.15, 0.2) is 11.6 Å². The molecule has 94 valence electrons. The maximum absolute atomic E-state index is 13.9. The minimum atomic E-state index is -0.411. The molecule has 0 fully saturated rings. The highest BCUT2D eigenvalue weighted by Gasteiger charge is 2.14. The summed E-state index contributed by atoms with van der Waals surface area (Å²) in [4.78, 5) is 5.89. The van der Waals surface area contributed by atoms with Crippen LogP contribution < -0.4 is 4.90 Å². The van der Waals surface area contributed by atoms with E-state index in [1.54, 1.807) is 0 Å². The lowest BCUT2D eigenvalue weighted by atomic mass is 10.2. The highest BCUT2D eigenvalue weighted by atomic mass is 35.5. The third kappa shape index (κ3) is 2.62. The van der Waals surface area contributed by atoms with E-state index in [4.69, 9.17) is 11.6 Å². The second kappa shape index (κ2) is 5.36. The molecule has 18 heavy (non-hydrogen) atoms. The van der Waals surface area contributed by atoms with E-state index in [1.165, 1.54) is 12.3 Å². The van der Waals surface area contributed by atoms with E-state index in [0.29, 0.717) is 17.4 Å². The summed E-state index contributed by atoms with van der Waals surface area (Å²) in [5.74, 6) is -0.113. The number of aromatic nitrogens is 1. The molecule has 0 bridgehead atoms. The van der Waals surface area contributed by atoms with Crippen LogP contribution in [0.4, 0.5) is 15.9 Å². The molecule has 0 aliphatic rings. The first-order valence-electron chi connectivity index (χ1n) is 5.77. The number of hydrogen-bond donors (Lipinski definition) is 0. The molecular formula is C14H14ClFN2. The molecule has 0 aliphatic carbocycles. The number of halogens is 2. The minimum Gasteiger partial charge on any atom is -0.324 e. The van der Waals surface area contributed by atoms with E-state index in [9.17, 15) is 4.39 Å². The van der Waals surface area contributed by atoms with Crippen LogP contribution in [0.3, 0.4) is 0 Å². The Hall–Kier alpha value is -1.61. The molecule has 1 heterocycles. The molecule has 0 N–H and O–H groups in total. The number of rotatable bonds is 3. The molecule has 2 nitrogen and oxygen atoms in total. The standard InChI is InChI=1S/C14H14ClFN2/c1-3-18(12-6-4-5-10(2)7-12)14-13(16)8-11(15)9-17-14/h4-9H,3H2,1-2H3. The summed E-state index contributed by atoms with van der Waals surface area (Å²) >= 11 is 5.72. The second-order valence-corrected chi connectivity index (χ2v) is 4.48. The van der Waals surface area contributed by atoms with Crippen molar-refractivity contribution >= 4 is 23.1 Å². The first kappa shape index (κ1) is 12.8. The number of benzene rings is 1. The average Bonchev–Trinajstić information content (AvgIpc) is 2.33. The minimum absolute atomic E-state index is 0.299. The van der Waals surface area contributed by atoms with Gasteiger partial charge >= 0.3 is 0 Å². The summed E-state index contributed by atoms with van der Waals surface area (Å²) in [5, 5.41) is 0.302. The number of anilines is 2. The summed E-state index contributed by atoms with van der Waals surface area (Å²) in [6.45, 7) is 4.59. The lowest BCUT2D eigenvalue weighted by Crippen LogP contribution is -2.18. The molecule has 0 amide bonds. The van der Waals surface area contributed by atoms with Gasteiger partial charge in [0, 0.05) is 18.4 Å². The molecule has 0 unspecified atom stereocenters. The second-order valence-electron chi connectivity index (χ2n) is 4.04. The van der Waals surface area contributed by atoms with Gasteiger partial charge in [-0.2, -0.15) is 0 Å². The van der Waals surface area contributed by atoms with Crippen molar-refractivity contribution in [1.29, 1.82) is 0 Å². The molecule has 0 spiro atoms. The van der Waals surface area contributed by atoms with Gasteiger partial charge < -0.3 is 4.90 Å². The molecule has 0 saturated heterocycles. The maximum atomic E-state index is 13.9. The zero-order valence-corrected chi connectivity index (χ0v) is 11.1. The van der Waals surface area contributed by atoms with Crippen molar-refractivity contribution in [2.45, 2.75) is 13.8 Å². The van der Waals surface area contributed by atoms with Crippen molar-refractivity contribution in [1.82, 2.24) is 4.98 Å². The van der Waals surface area contributed by atoms with Crippen LogP contribution in [0.25, 0.3) is 0 Å². The van der Waals surface area contributed by atoms with Gasteiger partial charge in [0.2, 0.25) is 0 Å². The summed E-state index contributed by atoms with van der Waals surface area (Å²) in [7, 11) is 0. The van der Waals surface area contributed by atoms with Gasteiger partial charge in [-0.25, -0.2) is 9.37 Å².